The third-order valence-corrected chi connectivity index (χ3v) is 4.84. The minimum absolute atomic E-state index is 0.0815. The molecule has 6 nitrogen and oxygen atoms in total. The van der Waals surface area contributed by atoms with E-state index in [9.17, 15) is 14.0 Å². The van der Waals surface area contributed by atoms with Crippen LogP contribution in [0.3, 0.4) is 0 Å². The van der Waals surface area contributed by atoms with E-state index in [0.717, 1.165) is 0 Å². The van der Waals surface area contributed by atoms with Crippen molar-refractivity contribution in [2.24, 2.45) is 5.92 Å². The second-order valence-electron chi connectivity index (χ2n) is 8.59. The molecule has 29 heavy (non-hydrogen) atoms. The topological polar surface area (TPSA) is 67.9 Å². The molecule has 0 saturated carbocycles. The van der Waals surface area contributed by atoms with Crippen LogP contribution in [0.25, 0.3) is 0 Å². The van der Waals surface area contributed by atoms with Crippen LogP contribution >= 0.6 is 11.6 Å². The standard InChI is InChI=1S/C21H30ClFN2O4/c1-13(2)18(24-20(27)29-21(3,4)5)19(26)25-10-8-15(9-11-25)28-17-7-6-14(23)12-16(17)22/h6-7,12-13,15,18H,8-11H2,1-5H3,(H,24,27)/t18-/m0/s1. The number of piperidine rings is 1. The van der Waals surface area contributed by atoms with E-state index in [1.807, 2.05) is 13.8 Å². The number of benzene rings is 1. The smallest absolute Gasteiger partial charge is 0.408 e. The third kappa shape index (κ3) is 7.07. The summed E-state index contributed by atoms with van der Waals surface area (Å²) in [6.07, 6.45) is 0.528. The van der Waals surface area contributed by atoms with Gasteiger partial charge in [0.2, 0.25) is 5.91 Å². The molecule has 2 amide bonds. The molecule has 1 atom stereocenters. The van der Waals surface area contributed by atoms with Crippen molar-refractivity contribution >= 4 is 23.6 Å². The molecule has 0 spiro atoms. The first-order chi connectivity index (χ1) is 13.5. The van der Waals surface area contributed by atoms with Crippen molar-refractivity contribution in [3.05, 3.63) is 29.0 Å². The average Bonchev–Trinajstić information content (AvgIpc) is 2.60. The lowest BCUT2D eigenvalue weighted by molar-refractivity contribution is -0.136. The molecule has 0 aromatic heterocycles. The Kier molecular flexibility index (Phi) is 7.74. The maximum Gasteiger partial charge on any atom is 0.408 e. The Labute approximate surface area is 176 Å². The van der Waals surface area contributed by atoms with E-state index < -0.39 is 23.6 Å². The van der Waals surface area contributed by atoms with E-state index in [4.69, 9.17) is 21.1 Å². The van der Waals surface area contributed by atoms with Crippen LogP contribution in [-0.2, 0) is 9.53 Å². The summed E-state index contributed by atoms with van der Waals surface area (Å²) in [4.78, 5) is 26.8. The summed E-state index contributed by atoms with van der Waals surface area (Å²) >= 11 is 6.02. The Hall–Kier alpha value is -2.02. The molecule has 162 valence electrons. The second kappa shape index (κ2) is 9.65. The van der Waals surface area contributed by atoms with Gasteiger partial charge < -0.3 is 19.7 Å². The van der Waals surface area contributed by atoms with Crippen molar-refractivity contribution < 1.29 is 23.5 Å². The number of likely N-dealkylation sites (tertiary alicyclic amines) is 1. The number of amides is 2. The third-order valence-electron chi connectivity index (χ3n) is 4.55. The van der Waals surface area contributed by atoms with Crippen LogP contribution in [-0.4, -0.2) is 47.7 Å². The van der Waals surface area contributed by atoms with E-state index in [0.29, 0.717) is 31.7 Å². The Bertz CT molecular complexity index is 728. The lowest BCUT2D eigenvalue weighted by Gasteiger charge is -2.35. The van der Waals surface area contributed by atoms with Crippen molar-refractivity contribution in [3.63, 3.8) is 0 Å². The number of nitrogens with zero attached hydrogens (tertiary/aromatic N) is 1. The largest absolute Gasteiger partial charge is 0.489 e. The molecule has 1 N–H and O–H groups in total. The number of nitrogens with one attached hydrogen (secondary N) is 1. The Morgan fingerprint density at radius 1 is 1.24 bits per heavy atom. The summed E-state index contributed by atoms with van der Waals surface area (Å²) in [6.45, 7) is 10.1. The van der Waals surface area contributed by atoms with E-state index in [1.165, 1.54) is 18.2 Å². The Balaban J connectivity index is 1.92. The quantitative estimate of drug-likeness (QED) is 0.754. The van der Waals surface area contributed by atoms with Gasteiger partial charge in [-0.25, -0.2) is 9.18 Å². The highest BCUT2D eigenvalue weighted by molar-refractivity contribution is 6.32. The first-order valence-electron chi connectivity index (χ1n) is 9.86. The number of rotatable bonds is 5. The van der Waals surface area contributed by atoms with Crippen molar-refractivity contribution in [1.29, 1.82) is 0 Å². The van der Waals surface area contributed by atoms with Gasteiger partial charge in [-0.3, -0.25) is 4.79 Å². The predicted molar refractivity (Wildman–Crippen MR) is 110 cm³/mol. The molecule has 1 heterocycles. The first-order valence-corrected chi connectivity index (χ1v) is 10.2. The number of hydrogen-bond donors (Lipinski definition) is 1. The van der Waals surface area contributed by atoms with Crippen molar-refractivity contribution in [2.45, 2.75) is 65.2 Å². The molecule has 1 aliphatic rings. The maximum atomic E-state index is 13.2. The van der Waals surface area contributed by atoms with Crippen molar-refractivity contribution in [3.8, 4) is 5.75 Å². The molecular weight excluding hydrogens is 399 g/mol. The summed E-state index contributed by atoms with van der Waals surface area (Å²) in [6, 6.07) is 3.36. The molecule has 1 aromatic carbocycles. The van der Waals surface area contributed by atoms with Gasteiger partial charge in [0, 0.05) is 25.9 Å². The first kappa shape index (κ1) is 23.3. The molecule has 0 unspecified atom stereocenters. The van der Waals surface area contributed by atoms with Gasteiger partial charge in [0.1, 0.15) is 29.3 Å². The minimum atomic E-state index is -0.658. The Morgan fingerprint density at radius 3 is 2.38 bits per heavy atom. The van der Waals surface area contributed by atoms with Gasteiger partial charge in [0.25, 0.3) is 0 Å². The van der Waals surface area contributed by atoms with Gasteiger partial charge in [-0.15, -0.1) is 0 Å². The zero-order valence-electron chi connectivity index (χ0n) is 17.6. The maximum absolute atomic E-state index is 13.2. The molecule has 8 heteroatoms. The molecule has 2 rings (SSSR count). The monoisotopic (exact) mass is 428 g/mol. The van der Waals surface area contributed by atoms with Gasteiger partial charge in [-0.1, -0.05) is 25.4 Å². The fraction of sp³-hybridized carbons (Fsp3) is 0.619. The fourth-order valence-corrected chi connectivity index (χ4v) is 3.30. The number of carbonyl (C=O) groups excluding carboxylic acids is 2. The van der Waals surface area contributed by atoms with Gasteiger partial charge in [-0.2, -0.15) is 0 Å². The number of ether oxygens (including phenoxy) is 2. The zero-order valence-corrected chi connectivity index (χ0v) is 18.4. The summed E-state index contributed by atoms with van der Waals surface area (Å²) in [5.41, 5.74) is -0.633. The second-order valence-corrected chi connectivity index (χ2v) is 8.99. The molecular formula is C21H30ClFN2O4. The van der Waals surface area contributed by atoms with Crippen LogP contribution in [0.4, 0.5) is 9.18 Å². The molecule has 0 radical (unpaired) electrons. The van der Waals surface area contributed by atoms with Crippen LogP contribution in [0.2, 0.25) is 5.02 Å². The fourth-order valence-electron chi connectivity index (χ4n) is 3.09. The van der Waals surface area contributed by atoms with Crippen LogP contribution in [0, 0.1) is 11.7 Å². The highest BCUT2D eigenvalue weighted by Crippen LogP contribution is 2.28. The summed E-state index contributed by atoms with van der Waals surface area (Å²) in [7, 11) is 0. The molecule has 1 aromatic rings. The minimum Gasteiger partial charge on any atom is -0.489 e. The van der Waals surface area contributed by atoms with Crippen LogP contribution < -0.4 is 10.1 Å². The number of carbonyl (C=O) groups is 2. The summed E-state index contributed by atoms with van der Waals surface area (Å²) in [5, 5.41) is 2.92. The summed E-state index contributed by atoms with van der Waals surface area (Å²) in [5.74, 6) is -0.199. The van der Waals surface area contributed by atoms with Crippen LogP contribution in [0.5, 0.6) is 5.75 Å². The highest BCUT2D eigenvalue weighted by atomic mass is 35.5. The van der Waals surface area contributed by atoms with E-state index >= 15 is 0 Å². The molecule has 1 fully saturated rings. The van der Waals surface area contributed by atoms with Crippen molar-refractivity contribution in [2.75, 3.05) is 13.1 Å². The van der Waals surface area contributed by atoms with Gasteiger partial charge in [0.05, 0.1) is 5.02 Å². The van der Waals surface area contributed by atoms with Gasteiger partial charge in [-0.05, 0) is 44.9 Å². The average molecular weight is 429 g/mol. The lowest BCUT2D eigenvalue weighted by atomic mass is 10.0. The SMILES string of the molecule is CC(C)[C@H](NC(=O)OC(C)(C)C)C(=O)N1CCC(Oc2ccc(F)cc2Cl)CC1. The van der Waals surface area contributed by atoms with Crippen LogP contribution in [0.15, 0.2) is 18.2 Å². The van der Waals surface area contributed by atoms with Gasteiger partial charge in [0.15, 0.2) is 0 Å². The number of hydrogen-bond acceptors (Lipinski definition) is 4. The molecule has 0 aliphatic carbocycles. The normalized spacial score (nSPS) is 16.5. The Morgan fingerprint density at radius 2 is 1.86 bits per heavy atom. The number of halogens is 2. The predicted octanol–water partition coefficient (Wildman–Crippen LogP) is 4.40. The molecule has 0 bridgehead atoms. The lowest BCUT2D eigenvalue weighted by Crippen LogP contribution is -2.54. The molecule has 1 aliphatic heterocycles. The number of alkyl carbamates (subject to hydrolysis) is 1. The summed E-state index contributed by atoms with van der Waals surface area (Å²) < 4.78 is 24.3. The zero-order chi connectivity index (χ0) is 21.8. The van der Waals surface area contributed by atoms with E-state index in [1.54, 1.807) is 25.7 Å². The van der Waals surface area contributed by atoms with E-state index in [-0.39, 0.29) is 23.0 Å². The van der Waals surface area contributed by atoms with E-state index in [2.05, 4.69) is 5.32 Å². The van der Waals surface area contributed by atoms with Crippen molar-refractivity contribution in [1.82, 2.24) is 10.2 Å². The van der Waals surface area contributed by atoms with Gasteiger partial charge >= 0.3 is 6.09 Å². The van der Waals surface area contributed by atoms with Crippen LogP contribution in [0.1, 0.15) is 47.5 Å². The highest BCUT2D eigenvalue weighted by Gasteiger charge is 2.33. The molecule has 1 saturated heterocycles.